The molecule has 0 aromatic heterocycles. The smallest absolute Gasteiger partial charge is 1.00 e. The Morgan fingerprint density at radius 3 is 0.643 bits per heavy atom. The monoisotopic (exact) mass is 344 g/mol. The van der Waals surface area contributed by atoms with E-state index in [0.717, 1.165) is 0 Å². The fourth-order valence-electron chi connectivity index (χ4n) is 1.05. The van der Waals surface area contributed by atoms with Gasteiger partial charge in [0.1, 0.15) is 0 Å². The van der Waals surface area contributed by atoms with Crippen molar-refractivity contribution in [2.24, 2.45) is 0 Å². The average molecular weight is 347 g/mol. The normalized spacial score (nSPS) is 47.6. The molecule has 0 aromatic carbocycles. The molecule has 0 aliphatic heterocycles. The minimum Gasteiger partial charge on any atom is -1.00 e. The third kappa shape index (κ3) is 4.24. The van der Waals surface area contributed by atoms with Crippen LogP contribution in [-0.2, 0) is 0 Å². The Balaban J connectivity index is -0.000000480. The summed E-state index contributed by atoms with van der Waals surface area (Å²) in [5.41, 5.74) is 0. The zero-order chi connectivity index (χ0) is 9.46. The fourth-order valence-corrected chi connectivity index (χ4v) is 3.38. The quantitative estimate of drug-likeness (QED) is 0.459. The molecule has 7 heteroatoms. The van der Waals surface area contributed by atoms with E-state index < -0.39 is 32.3 Å². The van der Waals surface area contributed by atoms with Crippen molar-refractivity contribution in [2.75, 3.05) is 0 Å². The van der Waals surface area contributed by atoms with E-state index in [4.69, 9.17) is 69.6 Å². The van der Waals surface area contributed by atoms with Crippen LogP contribution in [0.2, 0.25) is 0 Å². The van der Waals surface area contributed by atoms with Gasteiger partial charge in [-0.3, -0.25) is 0 Å². The predicted octanol–water partition coefficient (Wildman–Crippen LogP) is 1.40. The second-order valence-corrected chi connectivity index (χ2v) is 5.69. The Bertz CT molecular complexity index is 115. The molecule has 0 spiro atoms. The van der Waals surface area contributed by atoms with Crippen LogP contribution in [0, 0.1) is 0 Å². The van der Waals surface area contributed by atoms with Crippen molar-refractivity contribution >= 4 is 69.6 Å². The Morgan fingerprint density at radius 2 is 0.571 bits per heavy atom. The van der Waals surface area contributed by atoms with Gasteiger partial charge in [0.2, 0.25) is 0 Å². The largest absolute Gasteiger partial charge is 1.00 e. The van der Waals surface area contributed by atoms with Gasteiger partial charge in [-0.2, -0.15) is 0 Å². The number of halogens is 6. The summed E-state index contributed by atoms with van der Waals surface area (Å²) in [6.45, 7) is 0. The van der Waals surface area contributed by atoms with E-state index in [2.05, 4.69) is 0 Å². The van der Waals surface area contributed by atoms with E-state index >= 15 is 0 Å². The molecular formula is C7H11Cl6K. The van der Waals surface area contributed by atoms with Crippen LogP contribution in [0.3, 0.4) is 0 Å². The molecule has 0 bridgehead atoms. The molecule has 0 atom stereocenters. The zero-order valence-corrected chi connectivity index (χ0v) is 14.4. The van der Waals surface area contributed by atoms with Crippen molar-refractivity contribution in [3.05, 3.63) is 0 Å². The van der Waals surface area contributed by atoms with Gasteiger partial charge in [-0.05, 0) is 0 Å². The van der Waals surface area contributed by atoms with Crippen molar-refractivity contribution in [3.63, 3.8) is 0 Å². The summed E-state index contributed by atoms with van der Waals surface area (Å²) in [7, 11) is 0. The van der Waals surface area contributed by atoms with E-state index in [9.17, 15) is 0 Å². The molecule has 1 aliphatic rings. The maximum absolute atomic E-state index is 5.88. The minimum absolute atomic E-state index is 0. The van der Waals surface area contributed by atoms with Crippen LogP contribution in [0.15, 0.2) is 0 Å². The van der Waals surface area contributed by atoms with Crippen molar-refractivity contribution < 1.29 is 52.8 Å². The molecule has 14 heavy (non-hydrogen) atoms. The maximum Gasteiger partial charge on any atom is 1.00 e. The molecule has 0 nitrogen and oxygen atoms in total. The molecule has 0 amide bonds. The van der Waals surface area contributed by atoms with Gasteiger partial charge < -0.3 is 1.43 Å². The standard InChI is InChI=1S/C6H6Cl6.CH4.K.H/c7-1-2(8)4(10)6(12)5(11)3(1)9;;;/h1-6H;1H4;;/q;;+1;-1. The Morgan fingerprint density at radius 1 is 0.500 bits per heavy atom. The van der Waals surface area contributed by atoms with Gasteiger partial charge in [0.25, 0.3) is 0 Å². The minimum atomic E-state index is -0.437. The van der Waals surface area contributed by atoms with Gasteiger partial charge in [-0.25, -0.2) is 0 Å². The fraction of sp³-hybridized carbons (Fsp3) is 1.00. The summed E-state index contributed by atoms with van der Waals surface area (Å²) >= 11 is 35.3. The molecule has 0 saturated heterocycles. The molecule has 82 valence electrons. The molecule has 1 saturated carbocycles. The predicted molar refractivity (Wildman–Crippen MR) is 65.7 cm³/mol. The summed E-state index contributed by atoms with van der Waals surface area (Å²) in [6.07, 6.45) is 0. The summed E-state index contributed by atoms with van der Waals surface area (Å²) in [5, 5.41) is -2.62. The first kappa shape index (κ1) is 19.7. The van der Waals surface area contributed by atoms with Crippen LogP contribution in [0.5, 0.6) is 0 Å². The summed E-state index contributed by atoms with van der Waals surface area (Å²) < 4.78 is 0. The van der Waals surface area contributed by atoms with Gasteiger partial charge in [-0.15, -0.1) is 69.6 Å². The molecule has 0 heterocycles. The van der Waals surface area contributed by atoms with Gasteiger partial charge in [0.15, 0.2) is 0 Å². The molecular weight excluding hydrogens is 336 g/mol. The first-order valence-corrected chi connectivity index (χ1v) is 5.93. The van der Waals surface area contributed by atoms with Crippen LogP contribution < -0.4 is 51.4 Å². The number of hydrogen-bond donors (Lipinski definition) is 0. The van der Waals surface area contributed by atoms with Crippen molar-refractivity contribution in [1.29, 1.82) is 0 Å². The van der Waals surface area contributed by atoms with Gasteiger partial charge in [-0.1, -0.05) is 7.43 Å². The van der Waals surface area contributed by atoms with Crippen molar-refractivity contribution in [3.8, 4) is 0 Å². The molecule has 0 unspecified atom stereocenters. The average Bonchev–Trinajstić information content (AvgIpc) is 2.08. The van der Waals surface area contributed by atoms with Crippen molar-refractivity contribution in [2.45, 2.75) is 39.7 Å². The van der Waals surface area contributed by atoms with E-state index in [1.54, 1.807) is 0 Å². The first-order valence-electron chi connectivity index (χ1n) is 3.31. The Kier molecular flexibility index (Phi) is 11.9. The summed E-state index contributed by atoms with van der Waals surface area (Å²) in [5.74, 6) is 0. The van der Waals surface area contributed by atoms with Gasteiger partial charge in [0.05, 0.1) is 32.3 Å². The van der Waals surface area contributed by atoms with E-state index in [0.29, 0.717) is 0 Å². The molecule has 1 aliphatic carbocycles. The second kappa shape index (κ2) is 8.47. The molecule has 1 rings (SSSR count). The molecule has 1 fully saturated rings. The van der Waals surface area contributed by atoms with Crippen molar-refractivity contribution in [1.82, 2.24) is 0 Å². The SMILES string of the molecule is C.ClC1C(Cl)C(Cl)C(Cl)C(Cl)C1Cl.[H-].[K+]. The van der Waals surface area contributed by atoms with E-state index in [1.165, 1.54) is 0 Å². The Labute approximate surface area is 159 Å². The van der Waals surface area contributed by atoms with Crippen LogP contribution in [0.25, 0.3) is 0 Å². The van der Waals surface area contributed by atoms with Gasteiger partial charge >= 0.3 is 51.4 Å². The second-order valence-electron chi connectivity index (χ2n) is 2.67. The molecule has 0 N–H and O–H groups in total. The first-order chi connectivity index (χ1) is 5.46. The van der Waals surface area contributed by atoms with Crippen LogP contribution in [-0.4, -0.2) is 32.3 Å². The zero-order valence-electron chi connectivity index (χ0n) is 7.73. The third-order valence-corrected chi connectivity index (χ3v) is 5.86. The summed E-state index contributed by atoms with van der Waals surface area (Å²) in [6, 6.07) is 0. The third-order valence-electron chi connectivity index (χ3n) is 1.83. The molecule has 0 radical (unpaired) electrons. The van der Waals surface area contributed by atoms with Gasteiger partial charge in [0, 0.05) is 0 Å². The van der Waals surface area contributed by atoms with E-state index in [-0.39, 0.29) is 60.2 Å². The van der Waals surface area contributed by atoms with Crippen LogP contribution in [0.1, 0.15) is 8.85 Å². The topological polar surface area (TPSA) is 0 Å². The molecule has 0 aromatic rings. The number of alkyl halides is 6. The number of rotatable bonds is 0. The van der Waals surface area contributed by atoms with Crippen LogP contribution >= 0.6 is 69.6 Å². The van der Waals surface area contributed by atoms with Crippen LogP contribution in [0.4, 0.5) is 0 Å². The summed E-state index contributed by atoms with van der Waals surface area (Å²) in [4.78, 5) is 0. The maximum atomic E-state index is 5.88. The van der Waals surface area contributed by atoms with E-state index in [1.807, 2.05) is 0 Å². The Hall–Kier alpha value is 3.38. The number of hydrogen-bond acceptors (Lipinski definition) is 0.